The number of hydrogen-bond donors (Lipinski definition) is 1. The lowest BCUT2D eigenvalue weighted by Gasteiger charge is -2.10. The molecule has 1 aromatic heterocycles. The molecule has 20 heavy (non-hydrogen) atoms. The summed E-state index contributed by atoms with van der Waals surface area (Å²) in [6.07, 6.45) is -4.33. The standard InChI is InChI=1S/C13H15F3N4/c1-8(17-3)12-9(2)20(19-18-12)11-6-4-10(5-7-11)13(14,15)16/h4-8,17H,1-3H3. The summed E-state index contributed by atoms with van der Waals surface area (Å²) in [7, 11) is 1.81. The van der Waals surface area contributed by atoms with Gasteiger partial charge in [-0.3, -0.25) is 0 Å². The van der Waals surface area contributed by atoms with Crippen LogP contribution in [0.2, 0.25) is 0 Å². The molecule has 0 aliphatic rings. The quantitative estimate of drug-likeness (QED) is 0.942. The van der Waals surface area contributed by atoms with Crippen LogP contribution in [0, 0.1) is 6.92 Å². The third-order valence-electron chi connectivity index (χ3n) is 3.21. The van der Waals surface area contributed by atoms with Crippen molar-refractivity contribution in [1.82, 2.24) is 20.3 Å². The molecule has 0 radical (unpaired) electrons. The van der Waals surface area contributed by atoms with Crippen LogP contribution in [0.1, 0.15) is 29.9 Å². The topological polar surface area (TPSA) is 42.7 Å². The number of halogens is 3. The first-order valence-corrected chi connectivity index (χ1v) is 6.11. The van der Waals surface area contributed by atoms with Crippen molar-refractivity contribution in [3.63, 3.8) is 0 Å². The maximum Gasteiger partial charge on any atom is 0.416 e. The molecular weight excluding hydrogens is 269 g/mol. The highest BCUT2D eigenvalue weighted by atomic mass is 19.4. The van der Waals surface area contributed by atoms with Gasteiger partial charge in [-0.25, -0.2) is 4.68 Å². The molecular formula is C13H15F3N4. The number of aromatic nitrogens is 3. The molecule has 0 spiro atoms. The molecule has 1 aromatic carbocycles. The van der Waals surface area contributed by atoms with Crippen molar-refractivity contribution in [3.8, 4) is 5.69 Å². The van der Waals surface area contributed by atoms with Gasteiger partial charge in [-0.05, 0) is 45.2 Å². The van der Waals surface area contributed by atoms with Gasteiger partial charge in [-0.15, -0.1) is 5.10 Å². The average Bonchev–Trinajstić information content (AvgIpc) is 2.79. The summed E-state index contributed by atoms with van der Waals surface area (Å²) in [4.78, 5) is 0. The first kappa shape index (κ1) is 14.5. The van der Waals surface area contributed by atoms with E-state index in [1.807, 2.05) is 13.8 Å². The molecule has 0 aliphatic carbocycles. The third kappa shape index (κ3) is 2.67. The van der Waals surface area contributed by atoms with Crippen LogP contribution in [0.5, 0.6) is 0 Å². The summed E-state index contributed by atoms with van der Waals surface area (Å²) >= 11 is 0. The molecule has 2 rings (SSSR count). The summed E-state index contributed by atoms with van der Waals surface area (Å²) < 4.78 is 39.1. The van der Waals surface area contributed by atoms with Gasteiger partial charge in [-0.2, -0.15) is 13.2 Å². The van der Waals surface area contributed by atoms with E-state index in [-0.39, 0.29) is 6.04 Å². The fourth-order valence-corrected chi connectivity index (χ4v) is 1.91. The number of nitrogens with zero attached hydrogens (tertiary/aromatic N) is 3. The Balaban J connectivity index is 2.36. The molecule has 1 heterocycles. The van der Waals surface area contributed by atoms with Crippen molar-refractivity contribution >= 4 is 0 Å². The number of rotatable bonds is 3. The Morgan fingerprint density at radius 1 is 1.20 bits per heavy atom. The van der Waals surface area contributed by atoms with Gasteiger partial charge in [0.15, 0.2) is 0 Å². The number of nitrogens with one attached hydrogen (secondary N) is 1. The lowest BCUT2D eigenvalue weighted by molar-refractivity contribution is -0.137. The molecule has 0 fully saturated rings. The van der Waals surface area contributed by atoms with Crippen LogP contribution in [-0.4, -0.2) is 22.0 Å². The van der Waals surface area contributed by atoms with Crippen LogP contribution in [-0.2, 0) is 6.18 Å². The van der Waals surface area contributed by atoms with Crippen LogP contribution < -0.4 is 5.32 Å². The van der Waals surface area contributed by atoms with Gasteiger partial charge in [0.2, 0.25) is 0 Å². The molecule has 2 aromatic rings. The minimum absolute atomic E-state index is 0.0261. The van der Waals surface area contributed by atoms with E-state index in [2.05, 4.69) is 15.6 Å². The van der Waals surface area contributed by atoms with Gasteiger partial charge in [0, 0.05) is 0 Å². The van der Waals surface area contributed by atoms with Gasteiger partial charge in [0.25, 0.3) is 0 Å². The number of hydrogen-bond acceptors (Lipinski definition) is 3. The van der Waals surface area contributed by atoms with Crippen LogP contribution in [0.3, 0.4) is 0 Å². The van der Waals surface area contributed by atoms with Crippen molar-refractivity contribution in [2.24, 2.45) is 0 Å². The highest BCUT2D eigenvalue weighted by molar-refractivity contribution is 5.37. The van der Waals surface area contributed by atoms with E-state index < -0.39 is 11.7 Å². The maximum absolute atomic E-state index is 12.5. The highest BCUT2D eigenvalue weighted by Gasteiger charge is 2.30. The average molecular weight is 284 g/mol. The Kier molecular flexibility index (Phi) is 3.80. The van der Waals surface area contributed by atoms with Crippen molar-refractivity contribution < 1.29 is 13.2 Å². The summed E-state index contributed by atoms with van der Waals surface area (Å²) in [5.74, 6) is 0. The van der Waals surface area contributed by atoms with Crippen molar-refractivity contribution in [3.05, 3.63) is 41.2 Å². The van der Waals surface area contributed by atoms with E-state index in [0.29, 0.717) is 5.69 Å². The second kappa shape index (κ2) is 5.24. The van der Waals surface area contributed by atoms with E-state index in [1.165, 1.54) is 16.8 Å². The first-order chi connectivity index (χ1) is 9.34. The highest BCUT2D eigenvalue weighted by Crippen LogP contribution is 2.29. The predicted molar refractivity (Wildman–Crippen MR) is 68.6 cm³/mol. The zero-order valence-electron chi connectivity index (χ0n) is 11.4. The Hall–Kier alpha value is -1.89. The molecule has 1 atom stereocenters. The normalized spacial score (nSPS) is 13.5. The summed E-state index contributed by atoms with van der Waals surface area (Å²) in [6, 6.07) is 4.88. The number of alkyl halides is 3. The molecule has 0 bridgehead atoms. The Bertz CT molecular complexity index is 587. The zero-order chi connectivity index (χ0) is 14.9. The van der Waals surface area contributed by atoms with Crippen LogP contribution in [0.15, 0.2) is 24.3 Å². The van der Waals surface area contributed by atoms with Gasteiger partial charge in [0.1, 0.15) is 5.69 Å². The van der Waals surface area contributed by atoms with E-state index >= 15 is 0 Å². The van der Waals surface area contributed by atoms with Gasteiger partial charge in [-0.1, -0.05) is 5.21 Å². The van der Waals surface area contributed by atoms with Crippen LogP contribution >= 0.6 is 0 Å². The van der Waals surface area contributed by atoms with E-state index in [0.717, 1.165) is 23.5 Å². The van der Waals surface area contributed by atoms with Gasteiger partial charge < -0.3 is 5.32 Å². The third-order valence-corrected chi connectivity index (χ3v) is 3.21. The summed E-state index contributed by atoms with van der Waals surface area (Å²) in [5.41, 5.74) is 1.44. The second-order valence-electron chi connectivity index (χ2n) is 4.53. The van der Waals surface area contributed by atoms with Gasteiger partial charge in [0.05, 0.1) is 23.0 Å². The molecule has 4 nitrogen and oxygen atoms in total. The monoisotopic (exact) mass is 284 g/mol. The Labute approximate surface area is 114 Å². The lowest BCUT2D eigenvalue weighted by Crippen LogP contribution is -2.14. The fraction of sp³-hybridized carbons (Fsp3) is 0.385. The van der Waals surface area contributed by atoms with Crippen LogP contribution in [0.25, 0.3) is 5.69 Å². The molecule has 0 amide bonds. The molecule has 108 valence electrons. The smallest absolute Gasteiger partial charge is 0.312 e. The zero-order valence-corrected chi connectivity index (χ0v) is 11.4. The second-order valence-corrected chi connectivity index (χ2v) is 4.53. The fourth-order valence-electron chi connectivity index (χ4n) is 1.91. The Morgan fingerprint density at radius 3 is 2.30 bits per heavy atom. The Morgan fingerprint density at radius 2 is 1.80 bits per heavy atom. The largest absolute Gasteiger partial charge is 0.416 e. The lowest BCUT2D eigenvalue weighted by atomic mass is 10.2. The minimum Gasteiger partial charge on any atom is -0.312 e. The predicted octanol–water partition coefficient (Wildman–Crippen LogP) is 2.87. The maximum atomic E-state index is 12.5. The molecule has 7 heteroatoms. The molecule has 0 saturated heterocycles. The van der Waals surface area contributed by atoms with Crippen molar-refractivity contribution in [2.75, 3.05) is 7.05 Å². The molecule has 1 unspecified atom stereocenters. The number of benzene rings is 1. The first-order valence-electron chi connectivity index (χ1n) is 6.11. The molecule has 0 aliphatic heterocycles. The van der Waals surface area contributed by atoms with Crippen LogP contribution in [0.4, 0.5) is 13.2 Å². The van der Waals surface area contributed by atoms with Crippen molar-refractivity contribution in [1.29, 1.82) is 0 Å². The minimum atomic E-state index is -4.33. The van der Waals surface area contributed by atoms with Crippen molar-refractivity contribution in [2.45, 2.75) is 26.1 Å². The van der Waals surface area contributed by atoms with Gasteiger partial charge >= 0.3 is 6.18 Å². The SMILES string of the molecule is CNC(C)c1nnn(-c2ccc(C(F)(F)F)cc2)c1C. The summed E-state index contributed by atoms with van der Waals surface area (Å²) in [6.45, 7) is 3.77. The summed E-state index contributed by atoms with van der Waals surface area (Å²) in [5, 5.41) is 11.1. The van der Waals surface area contributed by atoms with E-state index in [9.17, 15) is 13.2 Å². The van der Waals surface area contributed by atoms with E-state index in [1.54, 1.807) is 7.05 Å². The molecule has 1 N–H and O–H groups in total. The van der Waals surface area contributed by atoms with E-state index in [4.69, 9.17) is 0 Å². The molecule has 0 saturated carbocycles.